The second kappa shape index (κ2) is 5.41. The van der Waals surface area contributed by atoms with Gasteiger partial charge in [-0.1, -0.05) is 12.1 Å². The highest BCUT2D eigenvalue weighted by molar-refractivity contribution is 5.77. The maximum Gasteiger partial charge on any atom is 0.165 e. The molecular weight excluding hydrogens is 268 g/mol. The van der Waals surface area contributed by atoms with E-state index in [0.29, 0.717) is 18.9 Å². The van der Waals surface area contributed by atoms with Crippen LogP contribution >= 0.6 is 0 Å². The number of benzene rings is 1. The van der Waals surface area contributed by atoms with Crippen molar-refractivity contribution >= 4 is 11.5 Å². The van der Waals surface area contributed by atoms with Crippen LogP contribution in [0.2, 0.25) is 0 Å². The Morgan fingerprint density at radius 1 is 1.33 bits per heavy atom. The third-order valence-electron chi connectivity index (χ3n) is 3.39. The van der Waals surface area contributed by atoms with Crippen molar-refractivity contribution in [1.82, 2.24) is 15.3 Å². The molecule has 1 aliphatic rings. The Labute approximate surface area is 122 Å². The molecule has 0 saturated carbocycles. The first-order valence-corrected chi connectivity index (χ1v) is 6.65. The van der Waals surface area contributed by atoms with Gasteiger partial charge in [0.05, 0.1) is 17.8 Å². The van der Waals surface area contributed by atoms with E-state index >= 15 is 0 Å². The number of phenolic OH excluding ortho intramolecular Hbond substituents is 1. The molecule has 6 heteroatoms. The van der Waals surface area contributed by atoms with Crippen LogP contribution in [0.25, 0.3) is 5.70 Å². The molecule has 6 nitrogen and oxygen atoms in total. The molecule has 21 heavy (non-hydrogen) atoms. The van der Waals surface area contributed by atoms with Gasteiger partial charge in [-0.2, -0.15) is 0 Å². The van der Waals surface area contributed by atoms with Gasteiger partial charge in [0.15, 0.2) is 5.82 Å². The van der Waals surface area contributed by atoms with Gasteiger partial charge in [-0.3, -0.25) is 5.21 Å². The number of aromatic hydroxyl groups is 1. The summed E-state index contributed by atoms with van der Waals surface area (Å²) in [6, 6.07) is 7.09. The summed E-state index contributed by atoms with van der Waals surface area (Å²) in [5.74, 6) is 0.747. The molecular formula is C15H16N4O2. The number of hydroxylamine groups is 1. The number of aromatic nitrogens is 2. The molecule has 0 atom stereocenters. The Balaban J connectivity index is 1.84. The molecule has 2 heterocycles. The van der Waals surface area contributed by atoms with Crippen molar-refractivity contribution in [1.29, 1.82) is 0 Å². The molecule has 0 spiro atoms. The third-order valence-corrected chi connectivity index (χ3v) is 3.39. The van der Waals surface area contributed by atoms with E-state index < -0.39 is 0 Å². The second-order valence-corrected chi connectivity index (χ2v) is 4.88. The number of anilines is 1. The van der Waals surface area contributed by atoms with Gasteiger partial charge in [-0.25, -0.2) is 15.0 Å². The second-order valence-electron chi connectivity index (χ2n) is 4.88. The summed E-state index contributed by atoms with van der Waals surface area (Å²) in [4.78, 5) is 8.30. The van der Waals surface area contributed by atoms with Crippen molar-refractivity contribution in [3.05, 3.63) is 53.5 Å². The molecule has 2 aromatic rings. The van der Waals surface area contributed by atoms with Crippen LogP contribution in [0.4, 0.5) is 5.82 Å². The van der Waals surface area contributed by atoms with Crippen molar-refractivity contribution < 1.29 is 10.3 Å². The van der Waals surface area contributed by atoms with Gasteiger partial charge in [0, 0.05) is 12.2 Å². The maximum atomic E-state index is 9.86. The Morgan fingerprint density at radius 3 is 3.00 bits per heavy atom. The summed E-state index contributed by atoms with van der Waals surface area (Å²) >= 11 is 0. The average molecular weight is 284 g/mol. The summed E-state index contributed by atoms with van der Waals surface area (Å²) in [5.41, 5.74) is 3.45. The number of hydrogen-bond donors (Lipinski definition) is 3. The minimum absolute atomic E-state index is 0.244. The van der Waals surface area contributed by atoms with Crippen LogP contribution in [-0.4, -0.2) is 26.8 Å². The number of nitrogens with one attached hydrogen (secondary N) is 1. The summed E-state index contributed by atoms with van der Waals surface area (Å²) in [5, 5.41) is 23.8. The first kappa shape index (κ1) is 13.4. The molecule has 0 radical (unpaired) electrons. The van der Waals surface area contributed by atoms with Crippen LogP contribution in [0.15, 0.2) is 36.7 Å². The number of rotatable bonds is 3. The van der Waals surface area contributed by atoms with E-state index in [9.17, 15) is 10.3 Å². The molecule has 0 saturated heterocycles. The van der Waals surface area contributed by atoms with Crippen molar-refractivity contribution in [2.75, 3.05) is 11.6 Å². The van der Waals surface area contributed by atoms with Gasteiger partial charge in [-0.05, 0) is 30.7 Å². The number of aryl methyl sites for hydroxylation is 1. The Bertz CT molecular complexity index is 700. The predicted molar refractivity (Wildman–Crippen MR) is 78.8 cm³/mol. The molecule has 0 amide bonds. The minimum atomic E-state index is 0.244. The molecule has 3 rings (SSSR count). The van der Waals surface area contributed by atoms with Crippen LogP contribution in [0.1, 0.15) is 16.8 Å². The minimum Gasteiger partial charge on any atom is -0.508 e. The zero-order valence-corrected chi connectivity index (χ0v) is 11.6. The number of nitrogens with zero attached hydrogens (tertiary/aromatic N) is 3. The van der Waals surface area contributed by atoms with Gasteiger partial charge in [0.25, 0.3) is 0 Å². The number of hydrogen-bond acceptors (Lipinski definition) is 6. The van der Waals surface area contributed by atoms with E-state index in [2.05, 4.69) is 15.3 Å². The molecule has 108 valence electrons. The molecule has 0 fully saturated rings. The maximum absolute atomic E-state index is 9.86. The molecule has 0 unspecified atom stereocenters. The van der Waals surface area contributed by atoms with Crippen molar-refractivity contribution in [2.24, 2.45) is 0 Å². The summed E-state index contributed by atoms with van der Waals surface area (Å²) in [7, 11) is 0. The lowest BCUT2D eigenvalue weighted by Gasteiger charge is -2.25. The SMILES string of the molecule is Cc1ncnc2c1C(NCc1cccc(O)c1)=CCN2O. The van der Waals surface area contributed by atoms with Gasteiger partial charge in [-0.15, -0.1) is 0 Å². The largest absolute Gasteiger partial charge is 0.508 e. The Hall–Kier alpha value is -2.60. The average Bonchev–Trinajstić information content (AvgIpc) is 2.47. The van der Waals surface area contributed by atoms with Crippen LogP contribution in [-0.2, 0) is 6.54 Å². The molecule has 1 aromatic heterocycles. The van der Waals surface area contributed by atoms with Crippen LogP contribution in [0, 0.1) is 6.92 Å². The highest BCUT2D eigenvalue weighted by Crippen LogP contribution is 2.28. The first-order chi connectivity index (χ1) is 10.1. The van der Waals surface area contributed by atoms with Gasteiger partial charge in [0.2, 0.25) is 0 Å². The van der Waals surface area contributed by atoms with E-state index in [0.717, 1.165) is 27.6 Å². The van der Waals surface area contributed by atoms with Crippen molar-refractivity contribution in [2.45, 2.75) is 13.5 Å². The lowest BCUT2D eigenvalue weighted by molar-refractivity contribution is 0.261. The van der Waals surface area contributed by atoms with Crippen molar-refractivity contribution in [3.8, 4) is 5.75 Å². The highest BCUT2D eigenvalue weighted by atomic mass is 16.5. The van der Waals surface area contributed by atoms with Crippen molar-refractivity contribution in [3.63, 3.8) is 0 Å². The number of phenols is 1. The topological polar surface area (TPSA) is 81.5 Å². The molecule has 0 aliphatic carbocycles. The zero-order valence-electron chi connectivity index (χ0n) is 11.6. The van der Waals surface area contributed by atoms with Gasteiger partial charge >= 0.3 is 0 Å². The van der Waals surface area contributed by atoms with Crippen LogP contribution in [0.5, 0.6) is 5.75 Å². The summed E-state index contributed by atoms with van der Waals surface area (Å²) < 4.78 is 0. The molecule has 1 aromatic carbocycles. The van der Waals surface area contributed by atoms with E-state index in [-0.39, 0.29) is 5.75 Å². The highest BCUT2D eigenvalue weighted by Gasteiger charge is 2.21. The predicted octanol–water partition coefficient (Wildman–Crippen LogP) is 1.83. The zero-order chi connectivity index (χ0) is 14.8. The third kappa shape index (κ3) is 2.66. The smallest absolute Gasteiger partial charge is 0.165 e. The van der Waals surface area contributed by atoms with Gasteiger partial charge < -0.3 is 10.4 Å². The lowest BCUT2D eigenvalue weighted by Crippen LogP contribution is -2.28. The normalized spacial score (nSPS) is 13.6. The fourth-order valence-electron chi connectivity index (χ4n) is 2.36. The van der Waals surface area contributed by atoms with Crippen LogP contribution < -0.4 is 10.4 Å². The number of fused-ring (bicyclic) bond motifs is 1. The fourth-order valence-corrected chi connectivity index (χ4v) is 2.36. The molecule has 0 bridgehead atoms. The van der Waals surface area contributed by atoms with Crippen LogP contribution in [0.3, 0.4) is 0 Å². The van der Waals surface area contributed by atoms with Gasteiger partial charge in [0.1, 0.15) is 12.1 Å². The Morgan fingerprint density at radius 2 is 2.19 bits per heavy atom. The summed E-state index contributed by atoms with van der Waals surface area (Å²) in [6.07, 6.45) is 3.33. The fraction of sp³-hybridized carbons (Fsp3) is 0.200. The Kier molecular flexibility index (Phi) is 3.45. The summed E-state index contributed by atoms with van der Waals surface area (Å²) in [6.45, 7) is 2.81. The quantitative estimate of drug-likeness (QED) is 0.798. The van der Waals surface area contributed by atoms with E-state index in [1.165, 1.54) is 6.33 Å². The van der Waals surface area contributed by atoms with E-state index in [1.54, 1.807) is 18.2 Å². The molecule has 1 aliphatic heterocycles. The van der Waals surface area contributed by atoms with E-state index in [4.69, 9.17) is 0 Å². The molecule has 3 N–H and O–H groups in total. The lowest BCUT2D eigenvalue weighted by atomic mass is 10.1. The standard InChI is InChI=1S/C15H16N4O2/c1-10-14-13(5-6-19(21)15(14)18-9-17-10)16-8-11-3-2-4-12(20)7-11/h2-5,7,9,16,20-21H,6,8H2,1H3. The first-order valence-electron chi connectivity index (χ1n) is 6.65. The monoisotopic (exact) mass is 284 g/mol. The van der Waals surface area contributed by atoms with E-state index in [1.807, 2.05) is 19.1 Å².